The van der Waals surface area contributed by atoms with Gasteiger partial charge in [0.15, 0.2) is 0 Å². The van der Waals surface area contributed by atoms with Crippen LogP contribution < -0.4 is 0 Å². The zero-order valence-electron chi connectivity index (χ0n) is 9.67. The normalized spacial score (nSPS) is 14.4. The maximum absolute atomic E-state index is 10.7. The van der Waals surface area contributed by atoms with Crippen molar-refractivity contribution in [2.24, 2.45) is 0 Å². The molecule has 0 aliphatic heterocycles. The summed E-state index contributed by atoms with van der Waals surface area (Å²) in [5.74, 6) is -0.391. The molecule has 0 aliphatic carbocycles. The number of carbonyl (C=O) groups excluding carboxylic acids is 1. The molecule has 0 rings (SSSR count). The fourth-order valence-electron chi connectivity index (χ4n) is 0.881. The van der Waals surface area contributed by atoms with E-state index < -0.39 is 12.1 Å². The Morgan fingerprint density at radius 2 is 2.06 bits per heavy atom. The van der Waals surface area contributed by atoms with Crippen LogP contribution in [0.1, 0.15) is 13.3 Å². The summed E-state index contributed by atoms with van der Waals surface area (Å²) in [6.07, 6.45) is 13.6. The van der Waals surface area contributed by atoms with Crippen LogP contribution in [-0.2, 0) is 9.53 Å². The number of esters is 1. The molecule has 1 unspecified atom stereocenters. The molecule has 1 N–H and O–H groups in total. The highest BCUT2D eigenvalue weighted by Crippen LogP contribution is 1.96. The molecule has 3 heteroatoms. The summed E-state index contributed by atoms with van der Waals surface area (Å²) in [6.45, 7) is 1.91. The van der Waals surface area contributed by atoms with Crippen LogP contribution in [0.3, 0.4) is 0 Å². The van der Waals surface area contributed by atoms with E-state index in [1.807, 2.05) is 19.1 Å². The standard InChI is InChI=1S/C13H18O3/c1-3-4-6-9-12(14)10-7-5-8-11-13(15)16-2/h3-9,11-12,14H,10H2,1-2H3/b4-3+,7-5+,9-6+,11-8-. The summed E-state index contributed by atoms with van der Waals surface area (Å²) >= 11 is 0. The van der Waals surface area contributed by atoms with Gasteiger partial charge in [-0.15, -0.1) is 0 Å². The van der Waals surface area contributed by atoms with Gasteiger partial charge in [-0.3, -0.25) is 0 Å². The molecule has 0 fully saturated rings. The first kappa shape index (κ1) is 14.4. The molecule has 0 aliphatic rings. The molecule has 0 spiro atoms. The number of hydrogen-bond donors (Lipinski definition) is 1. The largest absolute Gasteiger partial charge is 0.466 e. The number of methoxy groups -OCH3 is 1. The van der Waals surface area contributed by atoms with Gasteiger partial charge in [-0.2, -0.15) is 0 Å². The van der Waals surface area contributed by atoms with Gasteiger partial charge in [0, 0.05) is 6.08 Å². The van der Waals surface area contributed by atoms with Crippen LogP contribution in [0.15, 0.2) is 48.6 Å². The quantitative estimate of drug-likeness (QED) is 0.425. The molecule has 0 heterocycles. The van der Waals surface area contributed by atoms with Crippen molar-refractivity contribution < 1.29 is 14.6 Å². The summed E-state index contributed by atoms with van der Waals surface area (Å²) in [5.41, 5.74) is 0. The Kier molecular flexibility index (Phi) is 8.93. The third kappa shape index (κ3) is 8.97. The minimum atomic E-state index is -0.501. The Morgan fingerprint density at radius 1 is 1.31 bits per heavy atom. The van der Waals surface area contributed by atoms with Crippen LogP contribution in [0.2, 0.25) is 0 Å². The highest BCUT2D eigenvalue weighted by Gasteiger charge is 1.92. The van der Waals surface area contributed by atoms with Crippen molar-refractivity contribution in [3.05, 3.63) is 48.6 Å². The lowest BCUT2D eigenvalue weighted by Crippen LogP contribution is -1.98. The second kappa shape index (κ2) is 9.93. The number of ether oxygens (including phenoxy) is 1. The average molecular weight is 222 g/mol. The maximum Gasteiger partial charge on any atom is 0.330 e. The highest BCUT2D eigenvalue weighted by molar-refractivity contribution is 5.82. The van der Waals surface area contributed by atoms with Gasteiger partial charge in [0.1, 0.15) is 0 Å². The minimum Gasteiger partial charge on any atom is -0.466 e. The molecular weight excluding hydrogens is 204 g/mol. The van der Waals surface area contributed by atoms with Crippen LogP contribution in [0.4, 0.5) is 0 Å². The lowest BCUT2D eigenvalue weighted by Gasteiger charge is -1.98. The molecule has 0 amide bonds. The SMILES string of the molecule is C/C=C/C=C/C(O)C/C=C/C=C\C(=O)OC. The number of aliphatic hydroxyl groups is 1. The topological polar surface area (TPSA) is 46.5 Å². The highest BCUT2D eigenvalue weighted by atomic mass is 16.5. The molecule has 0 radical (unpaired) electrons. The maximum atomic E-state index is 10.7. The van der Waals surface area contributed by atoms with Gasteiger partial charge >= 0.3 is 5.97 Å². The number of rotatable bonds is 6. The number of allylic oxidation sites excluding steroid dienone is 5. The van der Waals surface area contributed by atoms with E-state index in [9.17, 15) is 9.90 Å². The smallest absolute Gasteiger partial charge is 0.330 e. The van der Waals surface area contributed by atoms with E-state index in [1.54, 1.807) is 30.4 Å². The van der Waals surface area contributed by atoms with Crippen LogP contribution in [-0.4, -0.2) is 24.3 Å². The molecule has 3 nitrogen and oxygen atoms in total. The van der Waals surface area contributed by atoms with Crippen molar-refractivity contribution in [1.29, 1.82) is 0 Å². The Morgan fingerprint density at radius 3 is 2.69 bits per heavy atom. The number of aliphatic hydroxyl groups excluding tert-OH is 1. The van der Waals surface area contributed by atoms with Crippen molar-refractivity contribution in [3.8, 4) is 0 Å². The molecule has 1 atom stereocenters. The second-order valence-corrected chi connectivity index (χ2v) is 3.02. The lowest BCUT2D eigenvalue weighted by atomic mass is 10.2. The van der Waals surface area contributed by atoms with Crippen LogP contribution in [0.5, 0.6) is 0 Å². The van der Waals surface area contributed by atoms with Crippen LogP contribution in [0, 0.1) is 0 Å². The lowest BCUT2D eigenvalue weighted by molar-refractivity contribution is -0.134. The summed E-state index contributed by atoms with van der Waals surface area (Å²) < 4.78 is 4.42. The molecule has 0 saturated carbocycles. The zero-order valence-corrected chi connectivity index (χ0v) is 9.67. The summed E-state index contributed by atoms with van der Waals surface area (Å²) in [7, 11) is 1.33. The van der Waals surface area contributed by atoms with Crippen molar-refractivity contribution in [2.45, 2.75) is 19.4 Å². The van der Waals surface area contributed by atoms with Gasteiger partial charge in [-0.25, -0.2) is 4.79 Å². The van der Waals surface area contributed by atoms with E-state index in [1.165, 1.54) is 13.2 Å². The predicted octanol–water partition coefficient (Wildman–Crippen LogP) is 2.16. The number of hydrogen-bond acceptors (Lipinski definition) is 3. The zero-order chi connectivity index (χ0) is 12.2. The third-order valence-corrected chi connectivity index (χ3v) is 1.70. The fraction of sp³-hybridized carbons (Fsp3) is 0.308. The van der Waals surface area contributed by atoms with Crippen LogP contribution >= 0.6 is 0 Å². The summed E-state index contributed by atoms with van der Waals surface area (Å²) in [4.78, 5) is 10.7. The van der Waals surface area contributed by atoms with Crippen molar-refractivity contribution in [3.63, 3.8) is 0 Å². The van der Waals surface area contributed by atoms with Crippen molar-refractivity contribution >= 4 is 5.97 Å². The third-order valence-electron chi connectivity index (χ3n) is 1.70. The van der Waals surface area contributed by atoms with E-state index in [4.69, 9.17) is 0 Å². The second-order valence-electron chi connectivity index (χ2n) is 3.02. The van der Waals surface area contributed by atoms with E-state index in [0.717, 1.165) is 0 Å². The van der Waals surface area contributed by atoms with Gasteiger partial charge in [-0.05, 0) is 13.3 Å². The van der Waals surface area contributed by atoms with E-state index in [2.05, 4.69) is 4.74 Å². The Bertz CT molecular complexity index is 298. The van der Waals surface area contributed by atoms with E-state index in [-0.39, 0.29) is 0 Å². The Balaban J connectivity index is 3.83. The first-order valence-electron chi connectivity index (χ1n) is 5.09. The molecule has 0 aromatic rings. The van der Waals surface area contributed by atoms with E-state index in [0.29, 0.717) is 6.42 Å². The van der Waals surface area contributed by atoms with Gasteiger partial charge in [0.25, 0.3) is 0 Å². The molecule has 0 bridgehead atoms. The van der Waals surface area contributed by atoms with Gasteiger partial charge in [0.05, 0.1) is 13.2 Å². The van der Waals surface area contributed by atoms with Gasteiger partial charge in [0.2, 0.25) is 0 Å². The summed E-state index contributed by atoms with van der Waals surface area (Å²) in [6, 6.07) is 0. The van der Waals surface area contributed by atoms with Crippen LogP contribution in [0.25, 0.3) is 0 Å². The molecule has 16 heavy (non-hydrogen) atoms. The Labute approximate surface area is 96.4 Å². The molecule has 0 aromatic heterocycles. The molecule has 88 valence electrons. The monoisotopic (exact) mass is 222 g/mol. The first-order chi connectivity index (χ1) is 7.70. The number of carbonyl (C=O) groups is 1. The molecule has 0 saturated heterocycles. The van der Waals surface area contributed by atoms with Crippen molar-refractivity contribution in [1.82, 2.24) is 0 Å². The minimum absolute atomic E-state index is 0.391. The average Bonchev–Trinajstić information content (AvgIpc) is 2.28. The molecule has 0 aromatic carbocycles. The summed E-state index contributed by atoms with van der Waals surface area (Å²) in [5, 5.41) is 9.44. The molecular formula is C13H18O3. The first-order valence-corrected chi connectivity index (χ1v) is 5.09. The fourth-order valence-corrected chi connectivity index (χ4v) is 0.881. The van der Waals surface area contributed by atoms with Gasteiger partial charge in [-0.1, -0.05) is 42.5 Å². The Hall–Kier alpha value is -1.61. The van der Waals surface area contributed by atoms with E-state index >= 15 is 0 Å². The predicted molar refractivity (Wildman–Crippen MR) is 64.9 cm³/mol. The van der Waals surface area contributed by atoms with Gasteiger partial charge < -0.3 is 9.84 Å². The van der Waals surface area contributed by atoms with Crippen molar-refractivity contribution in [2.75, 3.05) is 7.11 Å².